The molecule has 3 rings (SSSR count). The fraction of sp³-hybridized carbons (Fsp3) is 0.333. The van der Waals surface area contributed by atoms with Gasteiger partial charge in [0, 0.05) is 13.1 Å². The Morgan fingerprint density at radius 3 is 2.35 bits per heavy atom. The predicted octanol–water partition coefficient (Wildman–Crippen LogP) is 3.84. The van der Waals surface area contributed by atoms with Gasteiger partial charge in [-0.1, -0.05) is 17.4 Å². The van der Waals surface area contributed by atoms with Crippen LogP contribution in [-0.2, 0) is 14.6 Å². The van der Waals surface area contributed by atoms with Gasteiger partial charge in [0.25, 0.3) is 0 Å². The first kappa shape index (κ1) is 25.2. The van der Waals surface area contributed by atoms with Crippen LogP contribution in [0.5, 0.6) is 0 Å². The van der Waals surface area contributed by atoms with Crippen molar-refractivity contribution in [1.82, 2.24) is 9.88 Å². The van der Waals surface area contributed by atoms with E-state index >= 15 is 0 Å². The Labute approximate surface area is 192 Å². The van der Waals surface area contributed by atoms with E-state index in [1.165, 1.54) is 28.4 Å². The van der Waals surface area contributed by atoms with Crippen LogP contribution in [0.1, 0.15) is 11.1 Å². The molecule has 31 heavy (non-hydrogen) atoms. The van der Waals surface area contributed by atoms with E-state index in [4.69, 9.17) is 0 Å². The molecule has 10 heteroatoms. The molecule has 0 radical (unpaired) electrons. The van der Waals surface area contributed by atoms with Crippen molar-refractivity contribution in [2.24, 2.45) is 0 Å². The number of hydrogen-bond donors (Lipinski definition) is 0. The number of hydrogen-bond acceptors (Lipinski definition) is 6. The topological polar surface area (TPSA) is 70.6 Å². The number of halogens is 2. The van der Waals surface area contributed by atoms with Gasteiger partial charge in [-0.25, -0.2) is 17.8 Å². The number of thiazole rings is 1. The zero-order valence-electron chi connectivity index (χ0n) is 17.8. The minimum Gasteiger partial charge on any atom is -0.308 e. The lowest BCUT2D eigenvalue weighted by Gasteiger charge is -2.22. The number of aromatic nitrogens is 1. The molecule has 0 spiro atoms. The van der Waals surface area contributed by atoms with Crippen LogP contribution in [0.4, 0.5) is 9.52 Å². The standard InChI is InChI=1S/C21H24FN3O3S2.ClH/c1-14-11-15(2)20-18(12-14)29-21(23-20)25(10-9-24(3)4)19(26)13-30(27,28)17-7-5-16(22)6-8-17;/h5-8,11-12H,9-10,13H2,1-4H3;1H. The number of fused-ring (bicyclic) bond motifs is 1. The highest BCUT2D eigenvalue weighted by atomic mass is 35.5. The molecule has 0 atom stereocenters. The van der Waals surface area contributed by atoms with Gasteiger partial charge in [-0.15, -0.1) is 12.4 Å². The highest BCUT2D eigenvalue weighted by Crippen LogP contribution is 2.32. The average molecular weight is 486 g/mol. The lowest BCUT2D eigenvalue weighted by molar-refractivity contribution is -0.116. The Morgan fingerprint density at radius 2 is 1.74 bits per heavy atom. The van der Waals surface area contributed by atoms with Gasteiger partial charge in [-0.05, 0) is 69.4 Å². The third kappa shape index (κ3) is 6.00. The molecule has 0 aliphatic heterocycles. The summed E-state index contributed by atoms with van der Waals surface area (Å²) >= 11 is 1.37. The van der Waals surface area contributed by atoms with E-state index in [1.807, 2.05) is 45.0 Å². The second-order valence-corrected chi connectivity index (χ2v) is 10.5. The molecule has 0 saturated heterocycles. The van der Waals surface area contributed by atoms with Gasteiger partial charge in [-0.2, -0.15) is 0 Å². The van der Waals surface area contributed by atoms with Gasteiger partial charge in [-0.3, -0.25) is 9.69 Å². The van der Waals surface area contributed by atoms with E-state index in [0.29, 0.717) is 18.2 Å². The highest BCUT2D eigenvalue weighted by molar-refractivity contribution is 7.92. The average Bonchev–Trinajstić information content (AvgIpc) is 3.05. The number of benzene rings is 2. The second kappa shape index (κ2) is 10.0. The molecule has 0 saturated carbocycles. The molecule has 168 valence electrons. The van der Waals surface area contributed by atoms with Gasteiger partial charge in [0.15, 0.2) is 15.0 Å². The summed E-state index contributed by atoms with van der Waals surface area (Å²) in [5.41, 5.74) is 2.91. The van der Waals surface area contributed by atoms with Crippen LogP contribution >= 0.6 is 23.7 Å². The zero-order valence-corrected chi connectivity index (χ0v) is 20.2. The van der Waals surface area contributed by atoms with Crippen LogP contribution in [0.15, 0.2) is 41.3 Å². The maximum absolute atomic E-state index is 13.1. The van der Waals surface area contributed by atoms with Crippen molar-refractivity contribution >= 4 is 54.8 Å². The van der Waals surface area contributed by atoms with Crippen molar-refractivity contribution in [3.63, 3.8) is 0 Å². The molecule has 6 nitrogen and oxygen atoms in total. The maximum atomic E-state index is 13.1. The lowest BCUT2D eigenvalue weighted by Crippen LogP contribution is -2.40. The summed E-state index contributed by atoms with van der Waals surface area (Å²) in [5, 5.41) is 0.472. The number of nitrogens with zero attached hydrogens (tertiary/aromatic N) is 3. The van der Waals surface area contributed by atoms with E-state index in [9.17, 15) is 17.6 Å². The summed E-state index contributed by atoms with van der Waals surface area (Å²) < 4.78 is 39.5. The minimum atomic E-state index is -3.91. The molecule has 0 bridgehead atoms. The van der Waals surface area contributed by atoms with Crippen molar-refractivity contribution in [1.29, 1.82) is 0 Å². The highest BCUT2D eigenvalue weighted by Gasteiger charge is 2.27. The summed E-state index contributed by atoms with van der Waals surface area (Å²) in [6.07, 6.45) is 0. The predicted molar refractivity (Wildman–Crippen MR) is 126 cm³/mol. The fourth-order valence-electron chi connectivity index (χ4n) is 3.07. The summed E-state index contributed by atoms with van der Waals surface area (Å²) in [6, 6.07) is 8.52. The van der Waals surface area contributed by atoms with E-state index in [1.54, 1.807) is 0 Å². The molecule has 1 heterocycles. The zero-order chi connectivity index (χ0) is 22.1. The molecule has 1 amide bonds. The summed E-state index contributed by atoms with van der Waals surface area (Å²) in [5.74, 6) is -1.80. The van der Waals surface area contributed by atoms with Crippen LogP contribution in [0.2, 0.25) is 0 Å². The maximum Gasteiger partial charge on any atom is 0.244 e. The van der Waals surface area contributed by atoms with Crippen LogP contribution in [0.25, 0.3) is 10.2 Å². The first-order chi connectivity index (χ1) is 14.1. The monoisotopic (exact) mass is 485 g/mol. The number of amides is 1. The van der Waals surface area contributed by atoms with Crippen molar-refractivity contribution in [3.8, 4) is 0 Å². The van der Waals surface area contributed by atoms with E-state index in [2.05, 4.69) is 4.98 Å². The Kier molecular flexibility index (Phi) is 8.15. The Hall–Kier alpha value is -2.07. The molecular weight excluding hydrogens is 461 g/mol. The number of rotatable bonds is 7. The van der Waals surface area contributed by atoms with Crippen molar-refractivity contribution in [2.75, 3.05) is 37.8 Å². The molecular formula is C21H25ClFN3O3S2. The first-order valence-corrected chi connectivity index (χ1v) is 11.8. The number of anilines is 1. The summed E-state index contributed by atoms with van der Waals surface area (Å²) in [4.78, 5) is 21.0. The van der Waals surface area contributed by atoms with Crippen LogP contribution in [-0.4, -0.2) is 57.1 Å². The van der Waals surface area contributed by atoms with Crippen molar-refractivity contribution in [3.05, 3.63) is 53.3 Å². The smallest absolute Gasteiger partial charge is 0.244 e. The quantitative estimate of drug-likeness (QED) is 0.475. The number of likely N-dealkylation sites (N-methyl/N-ethyl adjacent to an activating group) is 1. The number of carbonyl (C=O) groups excluding carboxylic acids is 1. The van der Waals surface area contributed by atoms with Crippen molar-refractivity contribution < 1.29 is 17.6 Å². The molecule has 0 fully saturated rings. The lowest BCUT2D eigenvalue weighted by atomic mass is 10.1. The molecule has 1 aromatic heterocycles. The fourth-order valence-corrected chi connectivity index (χ4v) is 5.45. The Balaban J connectivity index is 0.00000341. The Morgan fingerprint density at radius 1 is 1.10 bits per heavy atom. The molecule has 0 aliphatic carbocycles. The molecule has 0 N–H and O–H groups in total. The van der Waals surface area contributed by atoms with E-state index in [0.717, 1.165) is 33.5 Å². The number of carbonyl (C=O) groups is 1. The van der Waals surface area contributed by atoms with Gasteiger partial charge < -0.3 is 4.90 Å². The minimum absolute atomic E-state index is 0. The SMILES string of the molecule is Cc1cc(C)c2nc(N(CCN(C)C)C(=O)CS(=O)(=O)c3ccc(F)cc3)sc2c1.Cl. The third-order valence-corrected chi connectivity index (χ3v) is 7.25. The van der Waals surface area contributed by atoms with Gasteiger partial charge >= 0.3 is 0 Å². The van der Waals surface area contributed by atoms with Crippen molar-refractivity contribution in [2.45, 2.75) is 18.7 Å². The number of aryl methyl sites for hydroxylation is 2. The normalized spacial score (nSPS) is 11.5. The largest absolute Gasteiger partial charge is 0.308 e. The summed E-state index contributed by atoms with van der Waals surface area (Å²) in [7, 11) is -0.150. The summed E-state index contributed by atoms with van der Waals surface area (Å²) in [6.45, 7) is 4.82. The molecule has 0 aliphatic rings. The third-order valence-electron chi connectivity index (χ3n) is 4.61. The second-order valence-electron chi connectivity index (χ2n) is 7.49. The van der Waals surface area contributed by atoms with E-state index < -0.39 is 27.3 Å². The van der Waals surface area contributed by atoms with Gasteiger partial charge in [0.1, 0.15) is 11.6 Å². The number of sulfone groups is 1. The Bertz CT molecular complexity index is 1180. The van der Waals surface area contributed by atoms with Crippen LogP contribution < -0.4 is 4.90 Å². The molecule has 0 unspecified atom stereocenters. The van der Waals surface area contributed by atoms with Gasteiger partial charge in [0.2, 0.25) is 5.91 Å². The van der Waals surface area contributed by atoms with E-state index in [-0.39, 0.29) is 17.3 Å². The molecule has 3 aromatic rings. The first-order valence-electron chi connectivity index (χ1n) is 9.38. The van der Waals surface area contributed by atoms with Crippen LogP contribution in [0, 0.1) is 19.7 Å². The van der Waals surface area contributed by atoms with Crippen LogP contribution in [0.3, 0.4) is 0 Å². The van der Waals surface area contributed by atoms with Gasteiger partial charge in [0.05, 0.1) is 15.1 Å². The molecule has 2 aromatic carbocycles.